The molecule has 0 unspecified atom stereocenters. The Bertz CT molecular complexity index is 404. The zero-order valence-corrected chi connectivity index (χ0v) is 16.8. The first kappa shape index (κ1) is 20.6. The fourth-order valence-corrected chi connectivity index (χ4v) is 2.57. The Hall–Kier alpha value is -0.370. The number of guanidine groups is 1. The van der Waals surface area contributed by atoms with Crippen LogP contribution in [0.2, 0.25) is 0 Å². The maximum Gasteiger partial charge on any atom is 0.191 e. The van der Waals surface area contributed by atoms with Crippen molar-refractivity contribution in [3.8, 4) is 0 Å². The number of halogens is 1. The molecule has 122 valence electrons. The highest BCUT2D eigenvalue weighted by atomic mass is 127. The van der Waals surface area contributed by atoms with Crippen LogP contribution >= 0.6 is 35.3 Å². The third kappa shape index (κ3) is 8.60. The quantitative estimate of drug-likeness (QED) is 0.289. The lowest BCUT2D eigenvalue weighted by Gasteiger charge is -2.10. The molecular formula is C15H29IN4S. The summed E-state index contributed by atoms with van der Waals surface area (Å²) in [6.45, 7) is 11.3. The first-order valence-corrected chi connectivity index (χ1v) is 8.51. The number of hydrogen-bond acceptors (Lipinski definition) is 3. The summed E-state index contributed by atoms with van der Waals surface area (Å²) in [6.07, 6.45) is 3.27. The summed E-state index contributed by atoms with van der Waals surface area (Å²) < 4.78 is 0. The SMILES string of the molecule is CCCCN=C(NCC)NCCc1csc(C(C)C)n1.I. The van der Waals surface area contributed by atoms with Crippen molar-refractivity contribution in [3.63, 3.8) is 0 Å². The molecule has 0 aliphatic carbocycles. The molecule has 0 atom stereocenters. The Kier molecular flexibility index (Phi) is 12.0. The highest BCUT2D eigenvalue weighted by molar-refractivity contribution is 14.0. The number of nitrogens with one attached hydrogen (secondary N) is 2. The zero-order chi connectivity index (χ0) is 14.8. The molecule has 2 N–H and O–H groups in total. The van der Waals surface area contributed by atoms with Crippen LogP contribution in [0.25, 0.3) is 0 Å². The highest BCUT2D eigenvalue weighted by Crippen LogP contribution is 2.19. The molecule has 0 amide bonds. The van der Waals surface area contributed by atoms with Gasteiger partial charge in [-0.1, -0.05) is 27.2 Å². The molecule has 1 heterocycles. The van der Waals surface area contributed by atoms with E-state index in [0.29, 0.717) is 5.92 Å². The van der Waals surface area contributed by atoms with E-state index in [1.807, 2.05) is 0 Å². The Labute approximate surface area is 150 Å². The summed E-state index contributed by atoms with van der Waals surface area (Å²) in [7, 11) is 0. The smallest absolute Gasteiger partial charge is 0.191 e. The summed E-state index contributed by atoms with van der Waals surface area (Å²) in [6, 6.07) is 0. The molecule has 0 spiro atoms. The second-order valence-electron chi connectivity index (χ2n) is 5.12. The Morgan fingerprint density at radius 2 is 2.10 bits per heavy atom. The van der Waals surface area contributed by atoms with Gasteiger partial charge in [0.25, 0.3) is 0 Å². The van der Waals surface area contributed by atoms with E-state index in [0.717, 1.165) is 38.4 Å². The minimum absolute atomic E-state index is 0. The van der Waals surface area contributed by atoms with Crippen LogP contribution in [0.3, 0.4) is 0 Å². The predicted octanol–water partition coefficient (Wildman–Crippen LogP) is 3.78. The molecule has 0 fully saturated rings. The average molecular weight is 424 g/mol. The molecule has 1 rings (SSSR count). The normalized spacial score (nSPS) is 11.4. The largest absolute Gasteiger partial charge is 0.357 e. The van der Waals surface area contributed by atoms with Crippen molar-refractivity contribution in [1.82, 2.24) is 15.6 Å². The lowest BCUT2D eigenvalue weighted by Crippen LogP contribution is -2.38. The van der Waals surface area contributed by atoms with Gasteiger partial charge in [-0.25, -0.2) is 4.98 Å². The van der Waals surface area contributed by atoms with E-state index in [9.17, 15) is 0 Å². The number of thiazole rings is 1. The summed E-state index contributed by atoms with van der Waals surface area (Å²) in [5.74, 6) is 1.44. The predicted molar refractivity (Wildman–Crippen MR) is 104 cm³/mol. The molecule has 21 heavy (non-hydrogen) atoms. The Balaban J connectivity index is 0.00000400. The van der Waals surface area contributed by atoms with Gasteiger partial charge in [0.2, 0.25) is 0 Å². The van der Waals surface area contributed by atoms with E-state index in [-0.39, 0.29) is 24.0 Å². The summed E-state index contributed by atoms with van der Waals surface area (Å²) in [5.41, 5.74) is 1.18. The highest BCUT2D eigenvalue weighted by Gasteiger charge is 2.05. The van der Waals surface area contributed by atoms with E-state index >= 15 is 0 Å². The molecule has 6 heteroatoms. The number of nitrogens with zero attached hydrogens (tertiary/aromatic N) is 2. The fraction of sp³-hybridized carbons (Fsp3) is 0.733. The molecule has 1 aromatic rings. The fourth-order valence-electron chi connectivity index (χ4n) is 1.70. The van der Waals surface area contributed by atoms with Gasteiger partial charge in [-0.05, 0) is 13.3 Å². The first-order chi connectivity index (χ1) is 9.67. The van der Waals surface area contributed by atoms with Crippen LogP contribution in [0, 0.1) is 0 Å². The van der Waals surface area contributed by atoms with Gasteiger partial charge in [0.05, 0.1) is 10.7 Å². The van der Waals surface area contributed by atoms with Crippen LogP contribution in [0.15, 0.2) is 10.4 Å². The van der Waals surface area contributed by atoms with Gasteiger partial charge in [0, 0.05) is 37.4 Å². The molecule has 0 aliphatic rings. The third-order valence-corrected chi connectivity index (χ3v) is 4.06. The number of hydrogen-bond donors (Lipinski definition) is 2. The molecule has 4 nitrogen and oxygen atoms in total. The van der Waals surface area contributed by atoms with Gasteiger partial charge in [0.15, 0.2) is 5.96 Å². The van der Waals surface area contributed by atoms with Gasteiger partial charge < -0.3 is 10.6 Å². The maximum atomic E-state index is 4.65. The number of aromatic nitrogens is 1. The van der Waals surface area contributed by atoms with Crippen LogP contribution < -0.4 is 10.6 Å². The number of rotatable bonds is 8. The van der Waals surface area contributed by atoms with E-state index < -0.39 is 0 Å². The lowest BCUT2D eigenvalue weighted by molar-refractivity contribution is 0.760. The molecule has 0 aromatic carbocycles. The summed E-state index contributed by atoms with van der Waals surface area (Å²) in [5, 5.41) is 10.0. The van der Waals surface area contributed by atoms with Crippen LogP contribution in [-0.2, 0) is 6.42 Å². The standard InChI is InChI=1S/C15H28N4S.HI/c1-5-7-9-17-15(16-6-2)18-10-8-13-11-20-14(19-13)12(3)4;/h11-12H,5-10H2,1-4H3,(H2,16,17,18);1H. The maximum absolute atomic E-state index is 4.65. The van der Waals surface area contributed by atoms with E-state index in [4.69, 9.17) is 0 Å². The molecule has 0 bridgehead atoms. The van der Waals surface area contributed by atoms with E-state index in [1.165, 1.54) is 17.1 Å². The van der Waals surface area contributed by atoms with Gasteiger partial charge in [-0.3, -0.25) is 4.99 Å². The second kappa shape index (κ2) is 12.2. The molecule has 0 radical (unpaired) electrons. The van der Waals surface area contributed by atoms with Crippen LogP contribution in [0.4, 0.5) is 0 Å². The van der Waals surface area contributed by atoms with E-state index in [2.05, 4.69) is 53.7 Å². The molecular weight excluding hydrogens is 395 g/mol. The van der Waals surface area contributed by atoms with Crippen LogP contribution in [0.5, 0.6) is 0 Å². The topological polar surface area (TPSA) is 49.3 Å². The lowest BCUT2D eigenvalue weighted by atomic mass is 10.2. The summed E-state index contributed by atoms with van der Waals surface area (Å²) >= 11 is 1.76. The molecule has 1 aromatic heterocycles. The van der Waals surface area contributed by atoms with Gasteiger partial charge in [-0.2, -0.15) is 0 Å². The minimum atomic E-state index is 0. The number of aliphatic imine (C=N–C) groups is 1. The third-order valence-electron chi connectivity index (χ3n) is 2.86. The summed E-state index contributed by atoms with van der Waals surface area (Å²) in [4.78, 5) is 9.19. The first-order valence-electron chi connectivity index (χ1n) is 7.63. The van der Waals surface area contributed by atoms with Gasteiger partial charge in [0.1, 0.15) is 0 Å². The van der Waals surface area contributed by atoms with Crippen molar-refractivity contribution in [2.75, 3.05) is 19.6 Å². The Morgan fingerprint density at radius 3 is 2.67 bits per heavy atom. The molecule has 0 saturated carbocycles. The molecule has 0 aliphatic heterocycles. The van der Waals surface area contributed by atoms with E-state index in [1.54, 1.807) is 11.3 Å². The Morgan fingerprint density at radius 1 is 1.33 bits per heavy atom. The van der Waals surface area contributed by atoms with Crippen molar-refractivity contribution in [2.24, 2.45) is 4.99 Å². The van der Waals surface area contributed by atoms with Crippen molar-refractivity contribution >= 4 is 41.3 Å². The van der Waals surface area contributed by atoms with Crippen molar-refractivity contribution < 1.29 is 0 Å². The second-order valence-corrected chi connectivity index (χ2v) is 6.01. The zero-order valence-electron chi connectivity index (χ0n) is 13.6. The van der Waals surface area contributed by atoms with Gasteiger partial charge >= 0.3 is 0 Å². The van der Waals surface area contributed by atoms with Crippen LogP contribution in [0.1, 0.15) is 57.2 Å². The minimum Gasteiger partial charge on any atom is -0.357 e. The molecule has 0 saturated heterocycles. The number of unbranched alkanes of at least 4 members (excludes halogenated alkanes) is 1. The average Bonchev–Trinajstić information content (AvgIpc) is 2.88. The van der Waals surface area contributed by atoms with Crippen LogP contribution in [-0.4, -0.2) is 30.6 Å². The monoisotopic (exact) mass is 424 g/mol. The van der Waals surface area contributed by atoms with Gasteiger partial charge in [-0.15, -0.1) is 35.3 Å². The van der Waals surface area contributed by atoms with Crippen molar-refractivity contribution in [1.29, 1.82) is 0 Å². The van der Waals surface area contributed by atoms with Crippen molar-refractivity contribution in [3.05, 3.63) is 16.1 Å². The van der Waals surface area contributed by atoms with Crippen molar-refractivity contribution in [2.45, 2.75) is 52.9 Å².